The third kappa shape index (κ3) is 3.72. The summed E-state index contributed by atoms with van der Waals surface area (Å²) in [6.07, 6.45) is 1.62. The lowest BCUT2D eigenvalue weighted by Gasteiger charge is -2.07. The lowest BCUT2D eigenvalue weighted by atomic mass is 10.1. The number of amides is 1. The van der Waals surface area contributed by atoms with E-state index in [4.69, 9.17) is 14.0 Å². The van der Waals surface area contributed by atoms with E-state index in [1.165, 1.54) is 0 Å². The second kappa shape index (κ2) is 8.08. The van der Waals surface area contributed by atoms with Crippen molar-refractivity contribution in [1.29, 1.82) is 0 Å². The predicted molar refractivity (Wildman–Crippen MR) is 109 cm³/mol. The van der Waals surface area contributed by atoms with Crippen molar-refractivity contribution >= 4 is 11.6 Å². The molecule has 1 amide bonds. The Morgan fingerprint density at radius 1 is 1.10 bits per heavy atom. The monoisotopic (exact) mass is 405 g/mol. The van der Waals surface area contributed by atoms with Gasteiger partial charge in [-0.05, 0) is 30.3 Å². The van der Waals surface area contributed by atoms with Gasteiger partial charge in [-0.25, -0.2) is 0 Å². The number of carbonyl (C=O) groups excluding carboxylic acids is 1. The van der Waals surface area contributed by atoms with Crippen LogP contribution in [-0.2, 0) is 7.05 Å². The molecule has 0 saturated heterocycles. The highest BCUT2D eigenvalue weighted by molar-refractivity contribution is 6.03. The van der Waals surface area contributed by atoms with Crippen LogP contribution in [0.25, 0.3) is 22.7 Å². The zero-order valence-corrected chi connectivity index (χ0v) is 16.6. The molecular weight excluding hydrogens is 386 g/mol. The average Bonchev–Trinajstić information content (AvgIpc) is 3.43. The van der Waals surface area contributed by atoms with Crippen molar-refractivity contribution in [3.8, 4) is 34.2 Å². The van der Waals surface area contributed by atoms with E-state index in [1.807, 2.05) is 25.2 Å². The van der Waals surface area contributed by atoms with Crippen molar-refractivity contribution in [1.82, 2.24) is 19.9 Å². The van der Waals surface area contributed by atoms with Crippen LogP contribution in [0.3, 0.4) is 0 Å². The topological polar surface area (TPSA) is 104 Å². The Morgan fingerprint density at radius 2 is 1.97 bits per heavy atom. The Hall–Kier alpha value is -4.14. The van der Waals surface area contributed by atoms with Crippen molar-refractivity contribution < 1.29 is 18.8 Å². The minimum absolute atomic E-state index is 0.138. The molecule has 2 aromatic carbocycles. The van der Waals surface area contributed by atoms with Gasteiger partial charge < -0.3 is 23.9 Å². The fraction of sp³-hybridized carbons (Fsp3) is 0.143. The molecular formula is C21H19N5O4. The zero-order valence-electron chi connectivity index (χ0n) is 16.6. The van der Waals surface area contributed by atoms with Crippen LogP contribution >= 0.6 is 0 Å². The summed E-state index contributed by atoms with van der Waals surface area (Å²) in [5.74, 6) is 1.90. The zero-order chi connectivity index (χ0) is 21.1. The second-order valence-corrected chi connectivity index (χ2v) is 6.44. The van der Waals surface area contributed by atoms with Crippen molar-refractivity contribution in [3.63, 3.8) is 0 Å². The number of rotatable bonds is 6. The van der Waals surface area contributed by atoms with Crippen molar-refractivity contribution in [2.24, 2.45) is 7.05 Å². The molecule has 2 heterocycles. The second-order valence-electron chi connectivity index (χ2n) is 6.44. The van der Waals surface area contributed by atoms with Gasteiger partial charge in [0.1, 0.15) is 17.8 Å². The van der Waals surface area contributed by atoms with E-state index < -0.39 is 5.91 Å². The van der Waals surface area contributed by atoms with Crippen molar-refractivity contribution in [2.75, 3.05) is 19.5 Å². The van der Waals surface area contributed by atoms with Gasteiger partial charge in [0.25, 0.3) is 5.91 Å². The number of carbonyl (C=O) groups is 1. The minimum Gasteiger partial charge on any atom is -0.497 e. The molecule has 0 unspecified atom stereocenters. The summed E-state index contributed by atoms with van der Waals surface area (Å²) in [5, 5.41) is 14.7. The van der Waals surface area contributed by atoms with Gasteiger partial charge in [-0.2, -0.15) is 0 Å². The van der Waals surface area contributed by atoms with Crippen LogP contribution < -0.4 is 14.8 Å². The lowest BCUT2D eigenvalue weighted by molar-refractivity contribution is 0.101. The maximum absolute atomic E-state index is 12.7. The van der Waals surface area contributed by atoms with E-state index in [9.17, 15) is 4.79 Å². The summed E-state index contributed by atoms with van der Waals surface area (Å²) in [5.41, 5.74) is 2.20. The molecule has 0 saturated carbocycles. The molecule has 0 atom stereocenters. The quantitative estimate of drug-likeness (QED) is 0.524. The van der Waals surface area contributed by atoms with Crippen LogP contribution in [0.1, 0.15) is 10.5 Å². The van der Waals surface area contributed by atoms with Gasteiger partial charge in [0, 0.05) is 24.4 Å². The number of nitrogens with zero attached hydrogens (tertiary/aromatic N) is 4. The molecule has 0 aliphatic heterocycles. The van der Waals surface area contributed by atoms with E-state index in [0.717, 1.165) is 5.56 Å². The smallest absolute Gasteiger partial charge is 0.277 e. The molecule has 0 aliphatic rings. The number of ether oxygens (including phenoxy) is 2. The molecule has 30 heavy (non-hydrogen) atoms. The number of methoxy groups -OCH3 is 2. The summed E-state index contributed by atoms with van der Waals surface area (Å²) in [4.78, 5) is 12.7. The molecule has 4 rings (SSSR count). The van der Waals surface area contributed by atoms with Crippen LogP contribution in [0.2, 0.25) is 0 Å². The predicted octanol–water partition coefficient (Wildman–Crippen LogP) is 3.41. The SMILES string of the molecule is COc1ccc(OC)c(-c2cc(C(=O)Nc3cccc(-c4nncn4C)c3)no2)c1. The molecule has 152 valence electrons. The first-order valence-electron chi connectivity index (χ1n) is 9.04. The van der Waals surface area contributed by atoms with Gasteiger partial charge in [-0.15, -0.1) is 10.2 Å². The molecule has 1 N–H and O–H groups in total. The molecule has 0 fully saturated rings. The third-order valence-electron chi connectivity index (χ3n) is 4.50. The third-order valence-corrected chi connectivity index (χ3v) is 4.50. The number of aryl methyl sites for hydroxylation is 1. The maximum atomic E-state index is 12.7. The Morgan fingerprint density at radius 3 is 2.70 bits per heavy atom. The lowest BCUT2D eigenvalue weighted by Crippen LogP contribution is -2.12. The molecule has 9 heteroatoms. The number of aromatic nitrogens is 4. The standard InChI is InChI=1S/C21H19N5O4/c1-26-12-22-24-20(26)13-5-4-6-14(9-13)23-21(27)17-11-19(30-25-17)16-10-15(28-2)7-8-18(16)29-3/h4-12H,1-3H3,(H,23,27). The first-order valence-corrected chi connectivity index (χ1v) is 9.04. The van der Waals surface area contributed by atoms with Crippen molar-refractivity contribution in [3.05, 3.63) is 60.6 Å². The van der Waals surface area contributed by atoms with Crippen molar-refractivity contribution in [2.45, 2.75) is 0 Å². The number of hydrogen-bond donors (Lipinski definition) is 1. The molecule has 9 nitrogen and oxygen atoms in total. The Labute approximate surface area is 172 Å². The summed E-state index contributed by atoms with van der Waals surface area (Å²) < 4.78 is 17.8. The summed E-state index contributed by atoms with van der Waals surface area (Å²) >= 11 is 0. The first-order chi connectivity index (χ1) is 14.6. The van der Waals surface area contributed by atoms with Gasteiger partial charge in [-0.3, -0.25) is 4.79 Å². The normalized spacial score (nSPS) is 10.6. The number of benzene rings is 2. The highest BCUT2D eigenvalue weighted by Gasteiger charge is 2.18. The fourth-order valence-corrected chi connectivity index (χ4v) is 2.99. The van der Waals surface area contributed by atoms with Gasteiger partial charge in [0.05, 0.1) is 19.8 Å². The molecule has 4 aromatic rings. The van der Waals surface area contributed by atoms with Gasteiger partial charge >= 0.3 is 0 Å². The van der Waals surface area contributed by atoms with Crippen LogP contribution in [0.15, 0.2) is 59.4 Å². The van der Waals surface area contributed by atoms with E-state index >= 15 is 0 Å². The highest BCUT2D eigenvalue weighted by atomic mass is 16.5. The number of anilines is 1. The van der Waals surface area contributed by atoms with Gasteiger partial charge in [0.15, 0.2) is 17.3 Å². The molecule has 2 aromatic heterocycles. The van der Waals surface area contributed by atoms with Crippen LogP contribution in [0.4, 0.5) is 5.69 Å². The number of hydrogen-bond acceptors (Lipinski definition) is 7. The molecule has 0 spiro atoms. The molecule has 0 bridgehead atoms. The summed E-state index contributed by atoms with van der Waals surface area (Å²) in [6, 6.07) is 14.2. The Kier molecular flexibility index (Phi) is 5.17. The largest absolute Gasteiger partial charge is 0.497 e. The first kappa shape index (κ1) is 19.2. The van der Waals surface area contributed by atoms with E-state index in [0.29, 0.717) is 34.3 Å². The highest BCUT2D eigenvalue weighted by Crippen LogP contribution is 2.34. The minimum atomic E-state index is -0.401. The summed E-state index contributed by atoms with van der Waals surface area (Å²) in [6.45, 7) is 0. The van der Waals surface area contributed by atoms with E-state index in [-0.39, 0.29) is 5.69 Å². The maximum Gasteiger partial charge on any atom is 0.277 e. The van der Waals surface area contributed by atoms with E-state index in [2.05, 4.69) is 20.7 Å². The Bertz CT molecular complexity index is 1200. The fourth-order valence-electron chi connectivity index (χ4n) is 2.99. The Balaban J connectivity index is 1.57. The molecule has 0 radical (unpaired) electrons. The van der Waals surface area contributed by atoms with Crippen LogP contribution in [0.5, 0.6) is 11.5 Å². The summed E-state index contributed by atoms with van der Waals surface area (Å²) in [7, 11) is 4.98. The van der Waals surface area contributed by atoms with Gasteiger partial charge in [-0.1, -0.05) is 17.3 Å². The van der Waals surface area contributed by atoms with E-state index in [1.54, 1.807) is 55.4 Å². The number of nitrogens with one attached hydrogen (secondary N) is 1. The molecule has 0 aliphatic carbocycles. The average molecular weight is 405 g/mol. The van der Waals surface area contributed by atoms with Crippen LogP contribution in [0, 0.1) is 0 Å². The van der Waals surface area contributed by atoms with Gasteiger partial charge in [0.2, 0.25) is 0 Å². The van der Waals surface area contributed by atoms with Crippen LogP contribution in [-0.4, -0.2) is 40.0 Å².